The van der Waals surface area contributed by atoms with Crippen LogP contribution in [0.15, 0.2) is 224 Å². The summed E-state index contributed by atoms with van der Waals surface area (Å²) in [6, 6.07) is 56.0. The third-order valence-corrected chi connectivity index (χ3v) is 24.0. The first kappa shape index (κ1) is 96.8. The fraction of sp³-hybridized carbons (Fsp3) is 0.398. The summed E-state index contributed by atoms with van der Waals surface area (Å²) in [7, 11) is 1.56. The molecule has 0 spiro atoms. The number of amides is 10. The van der Waals surface area contributed by atoms with E-state index in [4.69, 9.17) is 25.8 Å². The number of aliphatic carboxylic acids is 1. The Morgan fingerprint density at radius 3 is 1.27 bits per heavy atom. The summed E-state index contributed by atoms with van der Waals surface area (Å²) < 4.78 is 16.7. The maximum Gasteiger partial charge on any atom is 0.326 e. The summed E-state index contributed by atoms with van der Waals surface area (Å²) in [6.45, 7) is 21.3. The van der Waals surface area contributed by atoms with Crippen molar-refractivity contribution in [1.82, 2.24) is 52.8 Å². The fourth-order valence-corrected chi connectivity index (χ4v) is 16.7. The van der Waals surface area contributed by atoms with E-state index in [2.05, 4.69) is 47.9 Å². The molecule has 8 aromatic rings. The third kappa shape index (κ3) is 26.5. The number of ether oxygens (including phenoxy) is 3. The highest BCUT2D eigenvalue weighted by molar-refractivity contribution is 8.00. The fourth-order valence-electron chi connectivity index (χ4n) is 15.1. The zero-order chi connectivity index (χ0) is 90.8. The molecule has 9 rings (SSSR count). The molecule has 0 radical (unpaired) electrons. The highest BCUT2D eigenvalue weighted by Crippen LogP contribution is 2.49. The van der Waals surface area contributed by atoms with Crippen molar-refractivity contribution in [3.63, 3.8) is 0 Å². The molecule has 0 aliphatic carbocycles. The van der Waals surface area contributed by atoms with E-state index in [9.17, 15) is 33.9 Å². The third-order valence-electron chi connectivity index (χ3n) is 22.1. The van der Waals surface area contributed by atoms with Gasteiger partial charge in [-0.05, 0) is 167 Å². The Bertz CT molecular complexity index is 4800. The lowest BCUT2D eigenvalue weighted by Gasteiger charge is -2.37. The quantitative estimate of drug-likeness (QED) is 0.0125. The monoisotopic (exact) mass is 1740 g/mol. The lowest BCUT2D eigenvalue weighted by molar-refractivity contribution is -0.143. The Morgan fingerprint density at radius 2 is 0.832 bits per heavy atom. The van der Waals surface area contributed by atoms with Gasteiger partial charge in [0.15, 0.2) is 0 Å². The van der Waals surface area contributed by atoms with Crippen molar-refractivity contribution in [1.29, 1.82) is 0 Å². The number of carbonyl (C=O) groups excluding carboxylic acids is 10. The van der Waals surface area contributed by atoms with Crippen molar-refractivity contribution in [3.05, 3.63) is 269 Å². The summed E-state index contributed by atoms with van der Waals surface area (Å²) in [6.07, 6.45) is 0.249. The summed E-state index contributed by atoms with van der Waals surface area (Å²) >= 11 is 7.31. The van der Waals surface area contributed by atoms with E-state index < -0.39 is 171 Å². The summed E-state index contributed by atoms with van der Waals surface area (Å²) in [4.78, 5) is 163. The second-order valence-electron chi connectivity index (χ2n) is 33.7. The van der Waals surface area contributed by atoms with Crippen LogP contribution in [0, 0.1) is 11.8 Å². The van der Waals surface area contributed by atoms with Gasteiger partial charge in [0.1, 0.15) is 94.2 Å². The number of halogens is 1. The first-order valence-corrected chi connectivity index (χ1v) is 44.1. The molecule has 8 aromatic carbocycles. The molecule has 10 amide bonds. The number of rotatable bonds is 42. The van der Waals surface area contributed by atoms with Gasteiger partial charge in [-0.2, -0.15) is 0 Å². The molecular formula is C98H119ClN10O15S. The largest absolute Gasteiger partial charge is 0.497 e. The van der Waals surface area contributed by atoms with Gasteiger partial charge >= 0.3 is 5.97 Å². The van der Waals surface area contributed by atoms with Crippen molar-refractivity contribution < 1.29 is 72.1 Å². The van der Waals surface area contributed by atoms with Gasteiger partial charge in [0.25, 0.3) is 0 Å². The van der Waals surface area contributed by atoms with Crippen LogP contribution in [-0.4, -0.2) is 166 Å². The Hall–Kier alpha value is -12.0. The number of likely N-dealkylation sites (tertiary alicyclic amines) is 1. The number of carboxylic acids is 1. The predicted octanol–water partition coefficient (Wildman–Crippen LogP) is 11.8. The van der Waals surface area contributed by atoms with Crippen molar-refractivity contribution in [2.24, 2.45) is 11.8 Å². The van der Waals surface area contributed by atoms with Crippen LogP contribution in [0.5, 0.6) is 17.2 Å². The van der Waals surface area contributed by atoms with E-state index in [0.29, 0.717) is 64.3 Å². The Kier molecular flexibility index (Phi) is 34.9. The molecular weight excluding hydrogens is 1620 g/mol. The van der Waals surface area contributed by atoms with Crippen LogP contribution in [0.1, 0.15) is 166 Å². The number of carbonyl (C=O) groups is 11. The lowest BCUT2D eigenvalue weighted by atomic mass is 9.77. The minimum absolute atomic E-state index is 0.0165. The highest BCUT2D eigenvalue weighted by atomic mass is 35.5. The van der Waals surface area contributed by atoms with E-state index in [1.807, 2.05) is 224 Å². The van der Waals surface area contributed by atoms with Crippen molar-refractivity contribution in [2.45, 2.75) is 210 Å². The van der Waals surface area contributed by atoms with Gasteiger partial charge in [0, 0.05) is 31.6 Å². The van der Waals surface area contributed by atoms with Crippen molar-refractivity contribution in [3.8, 4) is 17.2 Å². The normalized spacial score (nSPS) is 15.3. The Labute approximate surface area is 742 Å². The van der Waals surface area contributed by atoms with E-state index in [0.717, 1.165) is 16.7 Å². The van der Waals surface area contributed by atoms with Gasteiger partial charge in [-0.25, -0.2) is 4.79 Å². The maximum absolute atomic E-state index is 15.7. The number of carboxylic acid groups (broad SMARTS) is 1. The number of hydrogen-bond acceptors (Lipinski definition) is 15. The molecule has 0 saturated carbocycles. The van der Waals surface area contributed by atoms with Crippen LogP contribution < -0.4 is 62.1 Å². The molecule has 0 unspecified atom stereocenters. The number of nitrogens with one attached hydrogen (secondary N) is 9. The predicted molar refractivity (Wildman–Crippen MR) is 485 cm³/mol. The minimum Gasteiger partial charge on any atom is -0.497 e. The van der Waals surface area contributed by atoms with Crippen LogP contribution in [0.4, 0.5) is 0 Å². The summed E-state index contributed by atoms with van der Waals surface area (Å²) in [5.41, 5.74) is 3.31. The molecule has 11 atom stereocenters. The van der Waals surface area contributed by atoms with Crippen molar-refractivity contribution in [2.75, 3.05) is 25.3 Å². The highest BCUT2D eigenvalue weighted by Gasteiger charge is 2.45. The first-order valence-electron chi connectivity index (χ1n) is 42.5. The van der Waals surface area contributed by atoms with E-state index in [1.165, 1.54) is 30.5 Å². The molecule has 1 heterocycles. The van der Waals surface area contributed by atoms with Crippen LogP contribution in [0.25, 0.3) is 0 Å². The summed E-state index contributed by atoms with van der Waals surface area (Å²) in [5.74, 6) is -8.85. The van der Waals surface area contributed by atoms with Crippen LogP contribution in [0.2, 0.25) is 0 Å². The second-order valence-corrected chi connectivity index (χ2v) is 35.2. The zero-order valence-corrected chi connectivity index (χ0v) is 75.0. The Balaban J connectivity index is 1.02. The molecule has 1 aliphatic heterocycles. The average Bonchev–Trinajstić information content (AvgIpc) is 1.01. The average molecular weight is 1740 g/mol. The van der Waals surface area contributed by atoms with Gasteiger partial charge in [-0.3, -0.25) is 47.9 Å². The molecule has 25 nitrogen and oxygen atoms in total. The topological polar surface area (TPSA) is 347 Å². The van der Waals surface area contributed by atoms with Crippen LogP contribution >= 0.6 is 23.4 Å². The van der Waals surface area contributed by atoms with Gasteiger partial charge in [0.05, 0.1) is 11.9 Å². The second kappa shape index (κ2) is 45.0. The number of alkyl halides is 1. The number of methoxy groups -OCH3 is 1. The van der Waals surface area contributed by atoms with E-state index in [1.54, 1.807) is 76.4 Å². The minimum atomic E-state index is -1.66. The van der Waals surface area contributed by atoms with Gasteiger partial charge < -0.3 is 72.1 Å². The SMILES string of the molecule is CC[C@H](C)[C@H](NC(=O)[C@H](CSC(c1ccccc1)(c1ccccc1)c1ccc(OC)cc1)NC(=O)[C@H](C)NC(=O)[C@H](C)NC(=O)[C@H](CCC(=O)NC(c1ccccc1)(c1ccccc1)c1ccccc1)NC(=O)[C@H](Cc1ccc(OC(C)(C)C)cc1)NC(=O)[C@@H]1CCCN1C(=O)[C@@H](NC(=O)[C@H](Cc1ccc(OC(C)(C)C)cc1)NC(=O)CCl)[C@@H](C)CC)C(=O)O. The number of thioether (sulfide) groups is 1. The lowest BCUT2D eigenvalue weighted by Crippen LogP contribution is -2.61. The number of hydrogen-bond donors (Lipinski definition) is 10. The number of nitrogens with zero attached hydrogens (tertiary/aromatic N) is 1. The maximum atomic E-state index is 15.7. The molecule has 0 aromatic heterocycles. The molecule has 10 N–H and O–H groups in total. The molecule has 1 aliphatic rings. The molecule has 1 fully saturated rings. The number of benzene rings is 8. The molecule has 664 valence electrons. The van der Waals surface area contributed by atoms with E-state index >= 15 is 24.0 Å². The standard InChI is InChI=1S/C98H119ClN10O15S/c1-14-62(3)84(106-90(116)78(102-83(111)60-99)58-66-43-49-75(50-44-66)123-95(7,8)9)93(119)109-57-31-42-81(109)92(118)104-79(59-67-45-51-76(52-46-67)124-96(10,11)12)89(115)103-77(55-56-82(110)108-97(68-32-21-16-22-33-68,69-34-23-17-24-35-69)70-36-25-18-26-37-70)88(114)101-64(5)86(112)100-65(6)87(113)105-80(91(117)107-85(94(120)121)63(4)15-2)61-125-98(71-38-27-19-28-39-71,72-40-29-20-30-41-72)73-47-53-74(122-13)54-48-73/h16-30,32-41,43-54,62-65,77-81,84-85H,14-15,31,42,55-61H2,1-13H3,(H,100,112)(H,101,114)(H,102,111)(H,103,115)(H,104,118)(H,105,113)(H,106,116)(H,107,117)(H,108,110)(H,120,121)/t62-,63-,64-,65-,77-,78-,79-,80-,81-,84-,85-/m0/s1. The molecule has 125 heavy (non-hydrogen) atoms. The molecule has 1 saturated heterocycles. The van der Waals surface area contributed by atoms with Crippen LogP contribution in [-0.2, 0) is 75.9 Å². The van der Waals surface area contributed by atoms with Gasteiger partial charge in [-0.15, -0.1) is 23.4 Å². The summed E-state index contributed by atoms with van der Waals surface area (Å²) in [5, 5.41) is 36.1. The van der Waals surface area contributed by atoms with Gasteiger partial charge in [0.2, 0.25) is 59.1 Å². The molecule has 0 bridgehead atoms. The van der Waals surface area contributed by atoms with Crippen molar-refractivity contribution >= 4 is 88.4 Å². The smallest absolute Gasteiger partial charge is 0.326 e. The first-order chi connectivity index (χ1) is 59.6. The zero-order valence-electron chi connectivity index (χ0n) is 73.4. The van der Waals surface area contributed by atoms with E-state index in [-0.39, 0.29) is 31.6 Å². The molecule has 27 heteroatoms. The van der Waals surface area contributed by atoms with Gasteiger partial charge in [-0.1, -0.05) is 229 Å². The van der Waals surface area contributed by atoms with Crippen LogP contribution in [0.3, 0.4) is 0 Å². The Morgan fingerprint density at radius 1 is 0.448 bits per heavy atom.